The number of carbonyl (C=O) groups excluding carboxylic acids is 1. The molecule has 0 aromatic heterocycles. The number of amides is 1. The first-order valence-corrected chi connectivity index (χ1v) is 7.53. The second-order valence-corrected chi connectivity index (χ2v) is 5.74. The number of ether oxygens (including phenoxy) is 1. The van der Waals surface area contributed by atoms with Crippen LogP contribution in [0.4, 0.5) is 8.78 Å². The van der Waals surface area contributed by atoms with Crippen LogP contribution in [0, 0.1) is 18.8 Å². The highest BCUT2D eigenvalue weighted by atomic mass is 35.5. The van der Waals surface area contributed by atoms with E-state index in [0.29, 0.717) is 12.1 Å². The van der Waals surface area contributed by atoms with Crippen LogP contribution < -0.4 is 15.8 Å². The number of hydrogen-bond donors (Lipinski definition) is 2. The lowest BCUT2D eigenvalue weighted by molar-refractivity contribution is -0.126. The van der Waals surface area contributed by atoms with Crippen molar-refractivity contribution in [2.24, 2.45) is 17.6 Å². The van der Waals surface area contributed by atoms with Crippen LogP contribution in [0.5, 0.6) is 5.75 Å². The molecular weight excluding hydrogens is 326 g/mol. The van der Waals surface area contributed by atoms with Gasteiger partial charge in [0.2, 0.25) is 5.91 Å². The van der Waals surface area contributed by atoms with Crippen molar-refractivity contribution in [2.45, 2.75) is 39.3 Å². The lowest BCUT2D eigenvalue weighted by Crippen LogP contribution is -2.34. The maximum atomic E-state index is 12.4. The molecule has 4 nitrogen and oxygen atoms in total. The van der Waals surface area contributed by atoms with Crippen molar-refractivity contribution < 1.29 is 18.3 Å². The number of benzene rings is 1. The lowest BCUT2D eigenvalue weighted by Gasteiger charge is -2.18. The number of halogens is 3. The van der Waals surface area contributed by atoms with E-state index in [1.165, 1.54) is 6.07 Å². The summed E-state index contributed by atoms with van der Waals surface area (Å²) in [6.07, 6.45) is 2.81. The van der Waals surface area contributed by atoms with Gasteiger partial charge < -0.3 is 15.8 Å². The summed E-state index contributed by atoms with van der Waals surface area (Å²) in [5.74, 6) is 0.184. The number of rotatable bonds is 6. The van der Waals surface area contributed by atoms with Gasteiger partial charge in [-0.1, -0.05) is 24.1 Å². The van der Waals surface area contributed by atoms with E-state index in [9.17, 15) is 13.6 Å². The Morgan fingerprint density at radius 2 is 2.17 bits per heavy atom. The third-order valence-electron chi connectivity index (χ3n) is 4.18. The largest absolute Gasteiger partial charge is 0.434 e. The molecule has 1 fully saturated rings. The quantitative estimate of drug-likeness (QED) is 0.830. The summed E-state index contributed by atoms with van der Waals surface area (Å²) in [7, 11) is 0. The summed E-state index contributed by atoms with van der Waals surface area (Å²) in [6, 6.07) is 4.94. The van der Waals surface area contributed by atoms with Crippen LogP contribution >= 0.6 is 12.4 Å². The SMILES string of the molecule is Cc1ccc(OC(F)F)c(CNC(=O)[C@@H]2CCC[C@@H]2CN)c1.Cl. The summed E-state index contributed by atoms with van der Waals surface area (Å²) >= 11 is 0. The molecule has 3 N–H and O–H groups in total. The highest BCUT2D eigenvalue weighted by molar-refractivity contribution is 5.85. The molecule has 2 rings (SSSR count). The van der Waals surface area contributed by atoms with Gasteiger partial charge in [-0.3, -0.25) is 4.79 Å². The van der Waals surface area contributed by atoms with E-state index in [1.54, 1.807) is 12.1 Å². The van der Waals surface area contributed by atoms with Gasteiger partial charge in [0.15, 0.2) is 0 Å². The zero-order valence-electron chi connectivity index (χ0n) is 13.1. The average molecular weight is 349 g/mol. The highest BCUT2D eigenvalue weighted by Gasteiger charge is 2.31. The number of nitrogens with two attached hydrogens (primary N) is 1. The third-order valence-corrected chi connectivity index (χ3v) is 4.18. The normalized spacial score (nSPS) is 20.2. The third kappa shape index (κ3) is 5.32. The zero-order valence-corrected chi connectivity index (χ0v) is 13.9. The van der Waals surface area contributed by atoms with E-state index in [1.807, 2.05) is 6.92 Å². The van der Waals surface area contributed by atoms with E-state index in [-0.39, 0.29) is 42.4 Å². The molecular formula is C16H23ClF2N2O2. The summed E-state index contributed by atoms with van der Waals surface area (Å²) in [4.78, 5) is 12.3. The minimum atomic E-state index is -2.88. The Kier molecular flexibility index (Phi) is 7.72. The molecule has 7 heteroatoms. The molecule has 1 aliphatic carbocycles. The molecule has 130 valence electrons. The Hall–Kier alpha value is -1.40. The molecule has 2 atom stereocenters. The van der Waals surface area contributed by atoms with Crippen molar-refractivity contribution in [3.05, 3.63) is 29.3 Å². The van der Waals surface area contributed by atoms with Gasteiger partial charge in [-0.05, 0) is 38.3 Å². The predicted molar refractivity (Wildman–Crippen MR) is 86.8 cm³/mol. The van der Waals surface area contributed by atoms with Gasteiger partial charge in [-0.2, -0.15) is 8.78 Å². The predicted octanol–water partition coefficient (Wildman–Crippen LogP) is 3.01. The standard InChI is InChI=1S/C16H22F2N2O2.ClH/c1-10-5-6-14(22-16(17)18)12(7-10)9-20-15(21)13-4-2-3-11(13)8-19;/h5-7,11,13,16H,2-4,8-9,19H2,1H3,(H,20,21);1H/t11-,13-;/m1./s1. The molecule has 0 unspecified atom stereocenters. The van der Waals surface area contributed by atoms with Gasteiger partial charge in [-0.25, -0.2) is 0 Å². The number of nitrogens with one attached hydrogen (secondary N) is 1. The molecule has 23 heavy (non-hydrogen) atoms. The van der Waals surface area contributed by atoms with E-state index in [2.05, 4.69) is 10.1 Å². The molecule has 0 spiro atoms. The first-order valence-electron chi connectivity index (χ1n) is 7.53. The van der Waals surface area contributed by atoms with Crippen LogP contribution in [0.3, 0.4) is 0 Å². The van der Waals surface area contributed by atoms with Gasteiger partial charge >= 0.3 is 6.61 Å². The molecule has 1 aliphatic rings. The van der Waals surface area contributed by atoms with Crippen LogP contribution in [0.2, 0.25) is 0 Å². The Morgan fingerprint density at radius 1 is 1.43 bits per heavy atom. The molecule has 0 saturated heterocycles. The second-order valence-electron chi connectivity index (χ2n) is 5.74. The van der Waals surface area contributed by atoms with Gasteiger partial charge in [0.05, 0.1) is 0 Å². The van der Waals surface area contributed by atoms with Gasteiger partial charge in [0.1, 0.15) is 5.75 Å². The fourth-order valence-electron chi connectivity index (χ4n) is 3.03. The van der Waals surface area contributed by atoms with Crippen LogP contribution in [-0.2, 0) is 11.3 Å². The molecule has 1 aromatic carbocycles. The van der Waals surface area contributed by atoms with Crippen LogP contribution in [0.25, 0.3) is 0 Å². The van der Waals surface area contributed by atoms with Crippen LogP contribution in [0.15, 0.2) is 18.2 Å². The molecule has 0 radical (unpaired) electrons. The van der Waals surface area contributed by atoms with E-state index < -0.39 is 6.61 Å². The van der Waals surface area contributed by atoms with E-state index in [4.69, 9.17) is 5.73 Å². The van der Waals surface area contributed by atoms with Crippen molar-refractivity contribution in [1.29, 1.82) is 0 Å². The number of alkyl halides is 2. The highest BCUT2D eigenvalue weighted by Crippen LogP contribution is 2.31. The topological polar surface area (TPSA) is 64.3 Å². The summed E-state index contributed by atoms with van der Waals surface area (Å²) in [6.45, 7) is -0.342. The monoisotopic (exact) mass is 348 g/mol. The lowest BCUT2D eigenvalue weighted by atomic mass is 9.95. The molecule has 0 heterocycles. The molecule has 0 aliphatic heterocycles. The van der Waals surface area contributed by atoms with Crippen molar-refractivity contribution >= 4 is 18.3 Å². The smallest absolute Gasteiger partial charge is 0.387 e. The Balaban J connectivity index is 0.00000264. The molecule has 0 bridgehead atoms. The Bertz CT molecular complexity index is 529. The first kappa shape index (κ1) is 19.6. The first-order chi connectivity index (χ1) is 10.5. The fourth-order valence-corrected chi connectivity index (χ4v) is 3.03. The van der Waals surface area contributed by atoms with Crippen molar-refractivity contribution in [3.63, 3.8) is 0 Å². The van der Waals surface area contributed by atoms with Crippen molar-refractivity contribution in [3.8, 4) is 5.75 Å². The maximum Gasteiger partial charge on any atom is 0.387 e. The summed E-state index contributed by atoms with van der Waals surface area (Å²) in [5.41, 5.74) is 7.16. The average Bonchev–Trinajstić information content (AvgIpc) is 2.95. The van der Waals surface area contributed by atoms with Crippen LogP contribution in [0.1, 0.15) is 30.4 Å². The minimum absolute atomic E-state index is 0. The fraction of sp³-hybridized carbons (Fsp3) is 0.562. The van der Waals surface area contributed by atoms with E-state index in [0.717, 1.165) is 24.8 Å². The molecule has 1 amide bonds. The number of aryl methyl sites for hydroxylation is 1. The van der Waals surface area contributed by atoms with Gasteiger partial charge in [0, 0.05) is 18.0 Å². The molecule has 1 saturated carbocycles. The van der Waals surface area contributed by atoms with E-state index >= 15 is 0 Å². The zero-order chi connectivity index (χ0) is 16.1. The second kappa shape index (κ2) is 9.03. The van der Waals surface area contributed by atoms with Crippen molar-refractivity contribution in [1.82, 2.24) is 5.32 Å². The van der Waals surface area contributed by atoms with Crippen LogP contribution in [-0.4, -0.2) is 19.1 Å². The van der Waals surface area contributed by atoms with Gasteiger partial charge in [0.25, 0.3) is 0 Å². The minimum Gasteiger partial charge on any atom is -0.434 e. The molecule has 1 aromatic rings. The Labute approximate surface area is 141 Å². The Morgan fingerprint density at radius 3 is 2.83 bits per heavy atom. The van der Waals surface area contributed by atoms with Crippen molar-refractivity contribution in [2.75, 3.05) is 6.54 Å². The number of hydrogen-bond acceptors (Lipinski definition) is 3. The summed E-state index contributed by atoms with van der Waals surface area (Å²) in [5, 5.41) is 2.83. The maximum absolute atomic E-state index is 12.4. The van der Waals surface area contributed by atoms with Gasteiger partial charge in [-0.15, -0.1) is 12.4 Å². The number of carbonyl (C=O) groups is 1. The summed E-state index contributed by atoms with van der Waals surface area (Å²) < 4.78 is 29.3.